The molecule has 2 aliphatic rings. The Labute approximate surface area is 184 Å². The molecule has 0 spiro atoms. The number of carbonyl (C=O) groups excluding carboxylic acids is 1. The first-order valence-electron chi connectivity index (χ1n) is 10.6. The molecular weight excluding hydrogens is 415 g/mol. The standard InChI is InChI=1S/C22H25FN6O3/c1-12(13-2-3-13)19-16(10-24)18(8-9-28(19)22(31)32)29-11-17(20(25)30)21(27-29)26-15-6-4-14(23)5-7-15/h4-7,11-13,16,18-19H,2-3,8-9H2,1H3,(H2,25,30)(H,26,27)(H,31,32). The molecule has 1 aromatic carbocycles. The minimum atomic E-state index is -1.03. The summed E-state index contributed by atoms with van der Waals surface area (Å²) in [6.07, 6.45) is 2.92. The van der Waals surface area contributed by atoms with Crippen LogP contribution < -0.4 is 11.1 Å². The third kappa shape index (κ3) is 4.10. The predicted octanol–water partition coefficient (Wildman–Crippen LogP) is 3.34. The summed E-state index contributed by atoms with van der Waals surface area (Å²) in [7, 11) is 0. The average Bonchev–Trinajstić information content (AvgIpc) is 3.53. The van der Waals surface area contributed by atoms with Gasteiger partial charge < -0.3 is 21.1 Å². The van der Waals surface area contributed by atoms with Crippen molar-refractivity contribution in [2.45, 2.75) is 38.3 Å². The lowest BCUT2D eigenvalue weighted by molar-refractivity contribution is 0.0377. The monoisotopic (exact) mass is 440 g/mol. The zero-order valence-corrected chi connectivity index (χ0v) is 17.6. The zero-order valence-electron chi connectivity index (χ0n) is 17.6. The number of hydrogen-bond acceptors (Lipinski definition) is 5. The van der Waals surface area contributed by atoms with Crippen LogP contribution in [0, 0.1) is 34.9 Å². The first kappa shape index (κ1) is 21.6. The van der Waals surface area contributed by atoms with E-state index in [2.05, 4.69) is 16.5 Å². The first-order chi connectivity index (χ1) is 15.3. The zero-order chi connectivity index (χ0) is 23.0. The Morgan fingerprint density at radius 2 is 2.00 bits per heavy atom. The minimum Gasteiger partial charge on any atom is -0.465 e. The van der Waals surface area contributed by atoms with Crippen molar-refractivity contribution in [3.8, 4) is 6.07 Å². The molecular formula is C22H25FN6O3. The number of nitrogens with one attached hydrogen (secondary N) is 1. The van der Waals surface area contributed by atoms with Crippen LogP contribution in [0.25, 0.3) is 0 Å². The van der Waals surface area contributed by atoms with E-state index in [-0.39, 0.29) is 23.8 Å². The molecule has 9 nitrogen and oxygen atoms in total. The lowest BCUT2D eigenvalue weighted by Gasteiger charge is -2.44. The van der Waals surface area contributed by atoms with Gasteiger partial charge in [-0.2, -0.15) is 10.4 Å². The molecule has 2 fully saturated rings. The van der Waals surface area contributed by atoms with Crippen molar-refractivity contribution >= 4 is 23.5 Å². The molecule has 1 aliphatic heterocycles. The van der Waals surface area contributed by atoms with Crippen LogP contribution in [0.1, 0.15) is 42.6 Å². The molecule has 0 bridgehead atoms. The molecule has 2 amide bonds. The Morgan fingerprint density at radius 3 is 2.56 bits per heavy atom. The number of halogens is 1. The van der Waals surface area contributed by atoms with E-state index >= 15 is 0 Å². The summed E-state index contributed by atoms with van der Waals surface area (Å²) in [6, 6.07) is 7.02. The molecule has 2 heterocycles. The van der Waals surface area contributed by atoms with Gasteiger partial charge in [0.1, 0.15) is 11.4 Å². The highest BCUT2D eigenvalue weighted by molar-refractivity contribution is 5.98. The van der Waals surface area contributed by atoms with Crippen molar-refractivity contribution in [1.29, 1.82) is 5.26 Å². The number of likely N-dealkylation sites (tertiary alicyclic amines) is 1. The Balaban J connectivity index is 1.67. The van der Waals surface area contributed by atoms with Crippen LogP contribution in [0.5, 0.6) is 0 Å². The van der Waals surface area contributed by atoms with Crippen molar-refractivity contribution in [3.05, 3.63) is 41.8 Å². The lowest BCUT2D eigenvalue weighted by Crippen LogP contribution is -2.54. The second-order valence-electron chi connectivity index (χ2n) is 8.54. The summed E-state index contributed by atoms with van der Waals surface area (Å²) in [5, 5.41) is 27.2. The average molecular weight is 440 g/mol. The number of rotatable bonds is 6. The van der Waals surface area contributed by atoms with Gasteiger partial charge in [-0.1, -0.05) is 6.92 Å². The van der Waals surface area contributed by atoms with Gasteiger partial charge in [-0.05, 0) is 55.4 Å². The number of nitriles is 1. The maximum atomic E-state index is 13.2. The normalized spacial score (nSPS) is 23.9. The molecule has 4 rings (SSSR count). The molecule has 4 unspecified atom stereocenters. The quantitative estimate of drug-likeness (QED) is 0.630. The van der Waals surface area contributed by atoms with Crippen molar-refractivity contribution in [3.63, 3.8) is 0 Å². The van der Waals surface area contributed by atoms with E-state index in [4.69, 9.17) is 5.73 Å². The van der Waals surface area contributed by atoms with Crippen molar-refractivity contribution in [2.75, 3.05) is 11.9 Å². The van der Waals surface area contributed by atoms with E-state index in [1.165, 1.54) is 35.4 Å². The minimum absolute atomic E-state index is 0.0431. The fraction of sp³-hybridized carbons (Fsp3) is 0.455. The second-order valence-corrected chi connectivity index (χ2v) is 8.54. The van der Waals surface area contributed by atoms with E-state index in [0.29, 0.717) is 18.0 Å². The van der Waals surface area contributed by atoms with E-state index in [0.717, 1.165) is 12.8 Å². The largest absolute Gasteiger partial charge is 0.465 e. The van der Waals surface area contributed by atoms with Crippen LogP contribution in [0.15, 0.2) is 30.5 Å². The van der Waals surface area contributed by atoms with Gasteiger partial charge >= 0.3 is 6.09 Å². The highest BCUT2D eigenvalue weighted by atomic mass is 19.1. The molecule has 0 radical (unpaired) electrons. The second kappa shape index (κ2) is 8.49. The summed E-state index contributed by atoms with van der Waals surface area (Å²) in [4.78, 5) is 25.3. The van der Waals surface area contributed by atoms with Gasteiger partial charge in [0.2, 0.25) is 0 Å². The third-order valence-electron chi connectivity index (χ3n) is 6.55. The fourth-order valence-corrected chi connectivity index (χ4v) is 4.72. The van der Waals surface area contributed by atoms with Crippen LogP contribution in [0.3, 0.4) is 0 Å². The van der Waals surface area contributed by atoms with Gasteiger partial charge in [-0.15, -0.1) is 0 Å². The third-order valence-corrected chi connectivity index (χ3v) is 6.55. The smallest absolute Gasteiger partial charge is 0.407 e. The molecule has 4 atom stereocenters. The van der Waals surface area contributed by atoms with E-state index in [1.807, 2.05) is 6.92 Å². The van der Waals surface area contributed by atoms with Crippen LogP contribution in [0.2, 0.25) is 0 Å². The number of carbonyl (C=O) groups is 2. The van der Waals surface area contributed by atoms with Crippen molar-refractivity contribution < 1.29 is 19.1 Å². The molecule has 1 aliphatic carbocycles. The van der Waals surface area contributed by atoms with E-state index < -0.39 is 35.8 Å². The number of anilines is 2. The van der Waals surface area contributed by atoms with Crippen molar-refractivity contribution in [2.24, 2.45) is 23.5 Å². The number of hydrogen-bond donors (Lipinski definition) is 3. The SMILES string of the molecule is CC(C1CC1)C1C(C#N)C(n2cc(C(N)=O)c(Nc3ccc(F)cc3)n2)CCN1C(=O)O. The highest BCUT2D eigenvalue weighted by Crippen LogP contribution is 2.45. The number of piperidine rings is 1. The maximum absolute atomic E-state index is 13.2. The number of primary amides is 1. The van der Waals surface area contributed by atoms with Crippen LogP contribution in [-0.2, 0) is 0 Å². The molecule has 1 saturated heterocycles. The van der Waals surface area contributed by atoms with Gasteiger partial charge in [0.05, 0.1) is 24.1 Å². The van der Waals surface area contributed by atoms with Crippen LogP contribution in [-0.4, -0.2) is 44.4 Å². The van der Waals surface area contributed by atoms with Gasteiger partial charge in [-0.25, -0.2) is 9.18 Å². The molecule has 1 saturated carbocycles. The fourth-order valence-electron chi connectivity index (χ4n) is 4.72. The Bertz CT molecular complexity index is 1060. The lowest BCUT2D eigenvalue weighted by atomic mass is 9.78. The molecule has 4 N–H and O–H groups in total. The van der Waals surface area contributed by atoms with Gasteiger partial charge in [-0.3, -0.25) is 9.48 Å². The Hall–Kier alpha value is -3.61. The maximum Gasteiger partial charge on any atom is 0.407 e. The molecule has 2 aromatic rings. The molecule has 168 valence electrons. The molecule has 1 aromatic heterocycles. The summed E-state index contributed by atoms with van der Waals surface area (Å²) in [6.45, 7) is 2.27. The van der Waals surface area contributed by atoms with E-state index in [9.17, 15) is 24.3 Å². The van der Waals surface area contributed by atoms with Gasteiger partial charge in [0.25, 0.3) is 5.91 Å². The van der Waals surface area contributed by atoms with Crippen molar-refractivity contribution in [1.82, 2.24) is 14.7 Å². The van der Waals surface area contributed by atoms with Gasteiger partial charge in [0.15, 0.2) is 5.82 Å². The van der Waals surface area contributed by atoms with Crippen LogP contribution >= 0.6 is 0 Å². The first-order valence-corrected chi connectivity index (χ1v) is 10.6. The summed E-state index contributed by atoms with van der Waals surface area (Å²) in [5.41, 5.74) is 6.21. The number of amides is 2. The number of carboxylic acid groups (broad SMARTS) is 1. The van der Waals surface area contributed by atoms with Gasteiger partial charge in [0, 0.05) is 18.4 Å². The number of nitrogens with zero attached hydrogens (tertiary/aromatic N) is 4. The number of aromatic nitrogens is 2. The number of nitrogens with two attached hydrogens (primary N) is 1. The highest BCUT2D eigenvalue weighted by Gasteiger charge is 2.48. The summed E-state index contributed by atoms with van der Waals surface area (Å²) in [5.74, 6) is -1.06. The van der Waals surface area contributed by atoms with E-state index in [1.54, 1.807) is 4.68 Å². The Kier molecular flexibility index (Phi) is 5.74. The number of benzene rings is 1. The molecule has 32 heavy (non-hydrogen) atoms. The summed E-state index contributed by atoms with van der Waals surface area (Å²) >= 11 is 0. The molecule has 10 heteroatoms. The Morgan fingerprint density at radius 1 is 1.31 bits per heavy atom. The summed E-state index contributed by atoms with van der Waals surface area (Å²) < 4.78 is 14.8. The van der Waals surface area contributed by atoms with Crippen LogP contribution in [0.4, 0.5) is 20.7 Å². The topological polar surface area (TPSA) is 137 Å². The predicted molar refractivity (Wildman–Crippen MR) is 114 cm³/mol.